The molecule has 22 heavy (non-hydrogen) atoms. The molecule has 0 unspecified atom stereocenters. The van der Waals surface area contributed by atoms with Crippen molar-refractivity contribution in [3.8, 4) is 0 Å². The largest absolute Gasteiger partial charge is 0.356 e. The van der Waals surface area contributed by atoms with Gasteiger partial charge in [-0.1, -0.05) is 60.7 Å². The Hall–Kier alpha value is -1.81. The van der Waals surface area contributed by atoms with Crippen molar-refractivity contribution in [1.82, 2.24) is 10.6 Å². The van der Waals surface area contributed by atoms with Gasteiger partial charge in [0.15, 0.2) is 5.96 Å². The Morgan fingerprint density at radius 2 is 1.45 bits per heavy atom. The SMILES string of the molecule is Br.c1ccc(C(NC2=NCCCCN2)c2ccccc2)cc1. The second-order valence-corrected chi connectivity index (χ2v) is 5.26. The average molecular weight is 360 g/mol. The highest BCUT2D eigenvalue weighted by Crippen LogP contribution is 2.21. The van der Waals surface area contributed by atoms with Crippen LogP contribution in [-0.2, 0) is 0 Å². The zero-order valence-corrected chi connectivity index (χ0v) is 14.2. The van der Waals surface area contributed by atoms with Crippen molar-refractivity contribution in [2.45, 2.75) is 18.9 Å². The van der Waals surface area contributed by atoms with E-state index in [2.05, 4.69) is 64.2 Å². The predicted octanol–water partition coefficient (Wildman–Crippen LogP) is 3.68. The van der Waals surface area contributed by atoms with E-state index in [0.717, 1.165) is 25.5 Å². The van der Waals surface area contributed by atoms with Crippen LogP contribution in [0.5, 0.6) is 0 Å². The molecule has 1 aliphatic rings. The molecule has 2 aromatic rings. The summed E-state index contributed by atoms with van der Waals surface area (Å²) in [5.41, 5.74) is 2.50. The van der Waals surface area contributed by atoms with E-state index in [-0.39, 0.29) is 23.0 Å². The van der Waals surface area contributed by atoms with Gasteiger partial charge in [-0.05, 0) is 24.0 Å². The van der Waals surface area contributed by atoms with Crippen LogP contribution in [0.4, 0.5) is 0 Å². The van der Waals surface area contributed by atoms with E-state index in [1.54, 1.807) is 0 Å². The van der Waals surface area contributed by atoms with Crippen molar-refractivity contribution in [2.75, 3.05) is 13.1 Å². The fraction of sp³-hybridized carbons (Fsp3) is 0.278. The lowest BCUT2D eigenvalue weighted by Gasteiger charge is -2.22. The summed E-state index contributed by atoms with van der Waals surface area (Å²) in [7, 11) is 0. The number of aliphatic imine (C=N–C) groups is 1. The monoisotopic (exact) mass is 359 g/mol. The molecule has 0 spiro atoms. The number of nitrogens with one attached hydrogen (secondary N) is 2. The molecule has 0 amide bonds. The third-order valence-electron chi connectivity index (χ3n) is 3.69. The van der Waals surface area contributed by atoms with Gasteiger partial charge in [-0.3, -0.25) is 4.99 Å². The Labute approximate surface area is 142 Å². The van der Waals surface area contributed by atoms with Gasteiger partial charge in [0.25, 0.3) is 0 Å². The Morgan fingerprint density at radius 3 is 2.05 bits per heavy atom. The van der Waals surface area contributed by atoms with Crippen LogP contribution < -0.4 is 10.6 Å². The van der Waals surface area contributed by atoms with Crippen LogP contribution in [0.3, 0.4) is 0 Å². The van der Waals surface area contributed by atoms with Crippen LogP contribution in [0.25, 0.3) is 0 Å². The van der Waals surface area contributed by atoms with E-state index in [9.17, 15) is 0 Å². The number of rotatable bonds is 3. The molecule has 1 aliphatic heterocycles. The van der Waals surface area contributed by atoms with Crippen LogP contribution >= 0.6 is 17.0 Å². The van der Waals surface area contributed by atoms with Crippen LogP contribution in [0.2, 0.25) is 0 Å². The molecule has 0 bridgehead atoms. The molecule has 1 heterocycles. The number of halogens is 1. The summed E-state index contributed by atoms with van der Waals surface area (Å²) in [6.07, 6.45) is 2.33. The first-order valence-corrected chi connectivity index (χ1v) is 7.58. The maximum absolute atomic E-state index is 4.61. The fourth-order valence-corrected chi connectivity index (χ4v) is 2.57. The Balaban J connectivity index is 0.00000176. The van der Waals surface area contributed by atoms with E-state index in [0.29, 0.717) is 0 Å². The molecule has 116 valence electrons. The van der Waals surface area contributed by atoms with Crippen molar-refractivity contribution in [3.63, 3.8) is 0 Å². The third-order valence-corrected chi connectivity index (χ3v) is 3.69. The van der Waals surface area contributed by atoms with Crippen LogP contribution in [0.1, 0.15) is 30.0 Å². The van der Waals surface area contributed by atoms with Crippen LogP contribution in [0.15, 0.2) is 65.7 Å². The Kier molecular flexibility index (Phi) is 6.46. The lowest BCUT2D eigenvalue weighted by atomic mass is 9.99. The van der Waals surface area contributed by atoms with Crippen molar-refractivity contribution in [2.24, 2.45) is 4.99 Å². The molecule has 0 radical (unpaired) electrons. The quantitative estimate of drug-likeness (QED) is 0.876. The highest BCUT2D eigenvalue weighted by atomic mass is 79.9. The average Bonchev–Trinajstić information content (AvgIpc) is 2.83. The van der Waals surface area contributed by atoms with Crippen LogP contribution in [0, 0.1) is 0 Å². The molecule has 0 saturated heterocycles. The number of guanidine groups is 1. The normalized spacial score (nSPS) is 14.3. The van der Waals surface area contributed by atoms with Gasteiger partial charge in [-0.25, -0.2) is 0 Å². The van der Waals surface area contributed by atoms with Gasteiger partial charge in [0.2, 0.25) is 0 Å². The number of nitrogens with zero attached hydrogens (tertiary/aromatic N) is 1. The lowest BCUT2D eigenvalue weighted by molar-refractivity contribution is 0.715. The minimum Gasteiger partial charge on any atom is -0.356 e. The second-order valence-electron chi connectivity index (χ2n) is 5.26. The smallest absolute Gasteiger partial charge is 0.192 e. The Bertz CT molecular complexity index is 544. The molecule has 2 N–H and O–H groups in total. The van der Waals surface area contributed by atoms with Gasteiger partial charge in [-0.15, -0.1) is 17.0 Å². The number of hydrogen-bond donors (Lipinski definition) is 2. The summed E-state index contributed by atoms with van der Waals surface area (Å²) in [4.78, 5) is 4.61. The standard InChI is InChI=1S/C18H21N3.BrH/c1-3-9-15(10-4-1)17(16-11-5-2-6-12-16)21-18-19-13-7-8-14-20-18;/h1-6,9-12,17H,7-8,13-14H2,(H2,19,20,21);1H. The van der Waals surface area contributed by atoms with Gasteiger partial charge in [-0.2, -0.15) is 0 Å². The predicted molar refractivity (Wildman–Crippen MR) is 97.7 cm³/mol. The minimum absolute atomic E-state index is 0. The van der Waals surface area contributed by atoms with Gasteiger partial charge in [0.05, 0.1) is 6.04 Å². The van der Waals surface area contributed by atoms with E-state index >= 15 is 0 Å². The molecule has 2 aromatic carbocycles. The van der Waals surface area contributed by atoms with E-state index < -0.39 is 0 Å². The van der Waals surface area contributed by atoms with Crippen molar-refractivity contribution in [3.05, 3.63) is 71.8 Å². The third kappa shape index (κ3) is 4.34. The van der Waals surface area contributed by atoms with Gasteiger partial charge in [0.1, 0.15) is 0 Å². The van der Waals surface area contributed by atoms with Gasteiger partial charge >= 0.3 is 0 Å². The zero-order chi connectivity index (χ0) is 14.3. The van der Waals surface area contributed by atoms with Crippen molar-refractivity contribution < 1.29 is 0 Å². The summed E-state index contributed by atoms with van der Waals surface area (Å²) in [6.45, 7) is 1.88. The van der Waals surface area contributed by atoms with E-state index in [1.165, 1.54) is 17.5 Å². The molecular weight excluding hydrogens is 338 g/mol. The summed E-state index contributed by atoms with van der Waals surface area (Å²) in [5, 5.41) is 6.96. The first-order valence-electron chi connectivity index (χ1n) is 7.58. The molecule has 3 nitrogen and oxygen atoms in total. The molecular formula is C18H22BrN3. The second kappa shape index (κ2) is 8.59. The fourth-order valence-electron chi connectivity index (χ4n) is 2.57. The van der Waals surface area contributed by atoms with E-state index in [4.69, 9.17) is 0 Å². The molecule has 0 saturated carbocycles. The molecule has 4 heteroatoms. The maximum atomic E-state index is 4.61. The molecule has 3 rings (SSSR count). The first-order chi connectivity index (χ1) is 10.4. The van der Waals surface area contributed by atoms with Gasteiger partial charge in [0, 0.05) is 13.1 Å². The molecule has 0 fully saturated rings. The molecule has 0 aromatic heterocycles. The Morgan fingerprint density at radius 1 is 0.864 bits per heavy atom. The molecule has 0 atom stereocenters. The van der Waals surface area contributed by atoms with Crippen molar-refractivity contribution >= 4 is 22.9 Å². The molecule has 0 aliphatic carbocycles. The summed E-state index contributed by atoms with van der Waals surface area (Å²) < 4.78 is 0. The first kappa shape index (κ1) is 16.6. The lowest BCUT2D eigenvalue weighted by Crippen LogP contribution is -2.39. The summed E-state index contributed by atoms with van der Waals surface area (Å²) >= 11 is 0. The zero-order valence-electron chi connectivity index (χ0n) is 12.5. The summed E-state index contributed by atoms with van der Waals surface area (Å²) in [6, 6.07) is 21.2. The van der Waals surface area contributed by atoms with Gasteiger partial charge < -0.3 is 10.6 Å². The van der Waals surface area contributed by atoms with Crippen LogP contribution in [-0.4, -0.2) is 19.0 Å². The maximum Gasteiger partial charge on any atom is 0.192 e. The highest BCUT2D eigenvalue weighted by molar-refractivity contribution is 8.93. The minimum atomic E-state index is 0. The number of hydrogen-bond acceptors (Lipinski definition) is 3. The highest BCUT2D eigenvalue weighted by Gasteiger charge is 2.15. The van der Waals surface area contributed by atoms with E-state index in [1.807, 2.05) is 12.1 Å². The number of benzene rings is 2. The topological polar surface area (TPSA) is 36.4 Å². The van der Waals surface area contributed by atoms with Crippen molar-refractivity contribution in [1.29, 1.82) is 0 Å². The summed E-state index contributed by atoms with van der Waals surface area (Å²) in [5.74, 6) is 0.908.